The maximum atomic E-state index is 13.7. The molecule has 1 amide bonds. The number of amides is 1. The highest BCUT2D eigenvalue weighted by atomic mass is 19.1. The fourth-order valence-electron chi connectivity index (χ4n) is 4.14. The zero-order valence-electron chi connectivity index (χ0n) is 21.5. The summed E-state index contributed by atoms with van der Waals surface area (Å²) < 4.78 is 25.2. The van der Waals surface area contributed by atoms with Crippen LogP contribution in [-0.4, -0.2) is 56.9 Å². The van der Waals surface area contributed by atoms with Gasteiger partial charge in [-0.25, -0.2) is 19.3 Å². The van der Waals surface area contributed by atoms with Gasteiger partial charge in [0, 0.05) is 37.2 Å². The van der Waals surface area contributed by atoms with Gasteiger partial charge in [-0.05, 0) is 48.0 Å². The van der Waals surface area contributed by atoms with E-state index < -0.39 is 12.2 Å². The number of halogens is 1. The highest BCUT2D eigenvalue weighted by Gasteiger charge is 2.28. The minimum Gasteiger partial charge on any atom is -0.355 e. The van der Waals surface area contributed by atoms with Crippen molar-refractivity contribution in [3.63, 3.8) is 0 Å². The van der Waals surface area contributed by atoms with E-state index in [1.165, 1.54) is 12.1 Å². The number of pyridine rings is 1. The molecule has 0 spiro atoms. The van der Waals surface area contributed by atoms with Crippen LogP contribution in [0.3, 0.4) is 0 Å². The van der Waals surface area contributed by atoms with E-state index in [4.69, 9.17) is 19.7 Å². The van der Waals surface area contributed by atoms with Gasteiger partial charge in [0.15, 0.2) is 6.29 Å². The summed E-state index contributed by atoms with van der Waals surface area (Å²) in [7, 11) is 0. The van der Waals surface area contributed by atoms with Crippen molar-refractivity contribution >= 4 is 11.9 Å². The zero-order chi connectivity index (χ0) is 27.7. The Bertz CT molecular complexity index is 1470. The Morgan fingerprint density at radius 1 is 1.07 bits per heavy atom. The lowest BCUT2D eigenvalue weighted by atomic mass is 10.1. The first-order valence-corrected chi connectivity index (χ1v) is 12.8. The van der Waals surface area contributed by atoms with Gasteiger partial charge >= 0.3 is 0 Å². The van der Waals surface area contributed by atoms with Gasteiger partial charge in [-0.2, -0.15) is 5.26 Å². The van der Waals surface area contributed by atoms with Crippen LogP contribution in [0.25, 0.3) is 22.6 Å². The second-order valence-electron chi connectivity index (χ2n) is 9.08. The van der Waals surface area contributed by atoms with Gasteiger partial charge in [-0.15, -0.1) is 0 Å². The summed E-state index contributed by atoms with van der Waals surface area (Å²) in [6.07, 6.45) is 5.04. The van der Waals surface area contributed by atoms with Crippen molar-refractivity contribution in [2.24, 2.45) is 5.92 Å². The summed E-state index contributed by atoms with van der Waals surface area (Å²) in [6, 6.07) is 13.6. The van der Waals surface area contributed by atoms with Crippen LogP contribution in [0.2, 0.25) is 0 Å². The van der Waals surface area contributed by atoms with Crippen LogP contribution in [-0.2, 0) is 27.2 Å². The first kappa shape index (κ1) is 26.9. The molecule has 12 heteroatoms. The van der Waals surface area contributed by atoms with Crippen LogP contribution in [0.4, 0.5) is 10.3 Å². The molecule has 3 aromatic heterocycles. The molecule has 4 aromatic rings. The molecule has 40 heavy (non-hydrogen) atoms. The Morgan fingerprint density at radius 2 is 1.85 bits per heavy atom. The Hall–Kier alpha value is -4.73. The predicted octanol–water partition coefficient (Wildman–Crippen LogP) is 3.24. The van der Waals surface area contributed by atoms with E-state index in [0.29, 0.717) is 53.9 Å². The largest absolute Gasteiger partial charge is 0.355 e. The van der Waals surface area contributed by atoms with Crippen molar-refractivity contribution in [3.05, 3.63) is 78.3 Å². The van der Waals surface area contributed by atoms with Gasteiger partial charge in [0.25, 0.3) is 0 Å². The fourth-order valence-corrected chi connectivity index (χ4v) is 4.14. The standard InChI is InChI=1S/C28H27FN8O3/c29-21-4-2-19(3-5-21)25-26(22-8-13-33-28(35-22)34-15-18-6-11-31-12-7-18)37-23(36-25)14-24-39-16-20(17-40-24)27(38)32-10-1-9-30/h2-8,11-13,20,24H,1,10,14-17H2,(H,32,38)(H,36,37)(H,33,34,35). The summed E-state index contributed by atoms with van der Waals surface area (Å²) in [5.74, 6) is 0.0243. The van der Waals surface area contributed by atoms with E-state index in [-0.39, 0.29) is 31.4 Å². The highest BCUT2D eigenvalue weighted by Crippen LogP contribution is 2.30. The third-order valence-electron chi connectivity index (χ3n) is 6.22. The van der Waals surface area contributed by atoms with Gasteiger partial charge in [-0.1, -0.05) is 0 Å². The summed E-state index contributed by atoms with van der Waals surface area (Å²) >= 11 is 0. The average molecular weight is 543 g/mol. The van der Waals surface area contributed by atoms with Crippen LogP contribution < -0.4 is 10.6 Å². The number of hydrogen-bond donors (Lipinski definition) is 3. The summed E-state index contributed by atoms with van der Waals surface area (Å²) in [5, 5.41) is 14.6. The van der Waals surface area contributed by atoms with Gasteiger partial charge in [0.05, 0.1) is 55.1 Å². The van der Waals surface area contributed by atoms with E-state index in [1.54, 1.807) is 36.8 Å². The fraction of sp³-hybridized carbons (Fsp3) is 0.286. The molecule has 0 aliphatic carbocycles. The van der Waals surface area contributed by atoms with Crippen molar-refractivity contribution in [1.29, 1.82) is 5.26 Å². The van der Waals surface area contributed by atoms with E-state index in [0.717, 1.165) is 5.56 Å². The quantitative estimate of drug-likeness (QED) is 0.257. The third-order valence-corrected chi connectivity index (χ3v) is 6.22. The molecular formula is C28H27FN8O3. The summed E-state index contributed by atoms with van der Waals surface area (Å²) in [5.41, 5.74) is 3.59. The molecule has 3 N–H and O–H groups in total. The Balaban J connectivity index is 1.32. The maximum Gasteiger partial charge on any atom is 0.227 e. The topological polar surface area (TPSA) is 151 Å². The monoisotopic (exact) mass is 542 g/mol. The molecule has 11 nitrogen and oxygen atoms in total. The SMILES string of the molecule is N#CCCNC(=O)C1COC(Cc2nc(-c3ccc(F)cc3)c(-c3ccnc(NCc4ccncc4)n3)[nH]2)OC1. The van der Waals surface area contributed by atoms with Crippen LogP contribution in [0.15, 0.2) is 61.1 Å². The summed E-state index contributed by atoms with van der Waals surface area (Å²) in [4.78, 5) is 33.4. The molecule has 0 radical (unpaired) electrons. The zero-order valence-corrected chi connectivity index (χ0v) is 21.5. The molecule has 1 aliphatic rings. The van der Waals surface area contributed by atoms with Crippen LogP contribution in [0.1, 0.15) is 17.8 Å². The lowest BCUT2D eigenvalue weighted by Crippen LogP contribution is -2.42. The Morgan fingerprint density at radius 3 is 2.60 bits per heavy atom. The van der Waals surface area contributed by atoms with Crippen molar-refractivity contribution in [1.82, 2.24) is 30.2 Å². The number of nitrogens with zero attached hydrogens (tertiary/aromatic N) is 5. The molecule has 1 fully saturated rings. The molecule has 4 heterocycles. The lowest BCUT2D eigenvalue weighted by Gasteiger charge is -2.28. The number of benzene rings is 1. The number of aromatic nitrogens is 5. The van der Waals surface area contributed by atoms with E-state index >= 15 is 0 Å². The highest BCUT2D eigenvalue weighted by molar-refractivity contribution is 5.79. The molecule has 1 saturated heterocycles. The lowest BCUT2D eigenvalue weighted by molar-refractivity contribution is -0.200. The molecule has 0 atom stereocenters. The molecule has 0 unspecified atom stereocenters. The first-order chi connectivity index (χ1) is 19.6. The number of nitrogens with one attached hydrogen (secondary N) is 3. The third kappa shape index (κ3) is 6.82. The molecule has 1 aromatic carbocycles. The molecule has 204 valence electrons. The average Bonchev–Trinajstić information content (AvgIpc) is 3.41. The second kappa shape index (κ2) is 12.9. The number of aromatic amines is 1. The number of imidazole rings is 1. The number of anilines is 1. The second-order valence-corrected chi connectivity index (χ2v) is 9.08. The molecule has 5 rings (SSSR count). The number of hydrogen-bond acceptors (Lipinski definition) is 9. The van der Waals surface area contributed by atoms with Crippen LogP contribution >= 0.6 is 0 Å². The molecule has 1 aliphatic heterocycles. The van der Waals surface area contributed by atoms with E-state index in [1.807, 2.05) is 18.2 Å². The number of H-pyrrole nitrogens is 1. The molecule has 0 saturated carbocycles. The van der Waals surface area contributed by atoms with Gasteiger partial charge in [0.1, 0.15) is 11.6 Å². The minimum absolute atomic E-state index is 0.194. The number of ether oxygens (including phenoxy) is 2. The minimum atomic E-state index is -0.605. The first-order valence-electron chi connectivity index (χ1n) is 12.8. The normalized spacial score (nSPS) is 16.7. The smallest absolute Gasteiger partial charge is 0.227 e. The van der Waals surface area contributed by atoms with Crippen molar-refractivity contribution in [2.45, 2.75) is 25.7 Å². The van der Waals surface area contributed by atoms with Gasteiger partial charge in [0.2, 0.25) is 11.9 Å². The Labute approximate surface area is 229 Å². The number of rotatable bonds is 10. The maximum absolute atomic E-state index is 13.7. The molecular weight excluding hydrogens is 515 g/mol. The van der Waals surface area contributed by atoms with Crippen LogP contribution in [0, 0.1) is 23.1 Å². The van der Waals surface area contributed by atoms with Crippen molar-refractivity contribution in [2.75, 3.05) is 25.1 Å². The number of carbonyl (C=O) groups excluding carboxylic acids is 1. The van der Waals surface area contributed by atoms with Gasteiger partial charge < -0.3 is 25.1 Å². The van der Waals surface area contributed by atoms with E-state index in [9.17, 15) is 9.18 Å². The number of carbonyl (C=O) groups is 1. The Kier molecular flexibility index (Phi) is 8.65. The van der Waals surface area contributed by atoms with E-state index in [2.05, 4.69) is 30.6 Å². The van der Waals surface area contributed by atoms with Crippen LogP contribution in [0.5, 0.6) is 0 Å². The number of nitriles is 1. The van der Waals surface area contributed by atoms with Gasteiger partial charge in [-0.3, -0.25) is 9.78 Å². The van der Waals surface area contributed by atoms with Crippen molar-refractivity contribution < 1.29 is 18.7 Å². The predicted molar refractivity (Wildman–Crippen MR) is 143 cm³/mol. The van der Waals surface area contributed by atoms with Crippen molar-refractivity contribution in [3.8, 4) is 28.7 Å². The summed E-state index contributed by atoms with van der Waals surface area (Å²) in [6.45, 7) is 1.21. The molecule has 0 bridgehead atoms.